The molecule has 0 atom stereocenters. The fraction of sp³-hybridized carbons (Fsp3) is 0.0455. The van der Waals surface area contributed by atoms with Crippen molar-refractivity contribution in [1.82, 2.24) is 14.5 Å². The Morgan fingerprint density at radius 3 is 2.53 bits per heavy atom. The van der Waals surface area contributed by atoms with E-state index in [0.29, 0.717) is 17.2 Å². The Labute approximate surface area is 190 Å². The molecule has 8 nitrogen and oxygen atoms in total. The maximum absolute atomic E-state index is 13.1. The summed E-state index contributed by atoms with van der Waals surface area (Å²) in [6.07, 6.45) is 6.51. The van der Waals surface area contributed by atoms with Crippen LogP contribution in [-0.4, -0.2) is 35.9 Å². The fourth-order valence-corrected chi connectivity index (χ4v) is 4.67. The zero-order valence-corrected chi connectivity index (χ0v) is 18.5. The van der Waals surface area contributed by atoms with Crippen molar-refractivity contribution in [3.05, 3.63) is 96.2 Å². The fourth-order valence-electron chi connectivity index (χ4n) is 2.98. The van der Waals surface area contributed by atoms with Crippen LogP contribution in [0.15, 0.2) is 90.5 Å². The van der Waals surface area contributed by atoms with E-state index in [1.54, 1.807) is 65.8 Å². The van der Waals surface area contributed by atoms with Gasteiger partial charge in [-0.15, -0.1) is 0 Å². The minimum absolute atomic E-state index is 0.0238. The van der Waals surface area contributed by atoms with E-state index in [-0.39, 0.29) is 15.5 Å². The van der Waals surface area contributed by atoms with Crippen LogP contribution >= 0.6 is 11.6 Å². The predicted octanol–water partition coefficient (Wildman–Crippen LogP) is 4.00. The van der Waals surface area contributed by atoms with Gasteiger partial charge in [-0.2, -0.15) is 0 Å². The number of aromatic nitrogens is 3. The number of amides is 1. The van der Waals surface area contributed by atoms with Crippen LogP contribution in [0, 0.1) is 0 Å². The normalized spacial score (nSPS) is 11.2. The standard InChI is InChI=1S/C22H18ClN5O3S/c1-27(18-5-3-2-4-6-18)32(30,31)20-13-16(7-9-19(20)23)22(29)26-17-8-10-21(25-14-17)28-12-11-24-15-28/h2-15H,1H3,(H,26,29). The molecule has 0 aliphatic heterocycles. The van der Waals surface area contributed by atoms with E-state index in [0.717, 1.165) is 4.31 Å². The highest BCUT2D eigenvalue weighted by molar-refractivity contribution is 7.93. The summed E-state index contributed by atoms with van der Waals surface area (Å²) >= 11 is 6.19. The number of para-hydroxylation sites is 1. The van der Waals surface area contributed by atoms with Crippen molar-refractivity contribution >= 4 is 38.9 Å². The van der Waals surface area contributed by atoms with Crippen LogP contribution in [0.25, 0.3) is 5.82 Å². The lowest BCUT2D eigenvalue weighted by atomic mass is 10.2. The average Bonchev–Trinajstić information content (AvgIpc) is 3.35. The van der Waals surface area contributed by atoms with Gasteiger partial charge in [0.25, 0.3) is 15.9 Å². The molecule has 0 bridgehead atoms. The van der Waals surface area contributed by atoms with E-state index in [2.05, 4.69) is 15.3 Å². The maximum atomic E-state index is 13.1. The van der Waals surface area contributed by atoms with Crippen molar-refractivity contribution in [2.75, 3.05) is 16.7 Å². The molecule has 4 aromatic rings. The third kappa shape index (κ3) is 4.34. The summed E-state index contributed by atoms with van der Waals surface area (Å²) < 4.78 is 29.1. The van der Waals surface area contributed by atoms with E-state index >= 15 is 0 Å². The highest BCUT2D eigenvalue weighted by atomic mass is 35.5. The van der Waals surface area contributed by atoms with Crippen LogP contribution in [0.1, 0.15) is 10.4 Å². The number of sulfonamides is 1. The molecule has 2 heterocycles. The Balaban J connectivity index is 1.57. The van der Waals surface area contributed by atoms with Gasteiger partial charge in [-0.1, -0.05) is 29.8 Å². The van der Waals surface area contributed by atoms with Crippen molar-refractivity contribution in [1.29, 1.82) is 0 Å². The number of rotatable bonds is 6. The lowest BCUT2D eigenvalue weighted by Gasteiger charge is -2.20. The molecule has 0 spiro atoms. The average molecular weight is 468 g/mol. The first kappa shape index (κ1) is 21.5. The molecule has 0 saturated heterocycles. The highest BCUT2D eigenvalue weighted by Crippen LogP contribution is 2.28. The minimum Gasteiger partial charge on any atom is -0.321 e. The number of imidazole rings is 1. The molecule has 10 heteroatoms. The molecule has 0 saturated carbocycles. The second-order valence-electron chi connectivity index (χ2n) is 6.78. The van der Waals surface area contributed by atoms with Crippen molar-refractivity contribution in [2.45, 2.75) is 4.90 Å². The molecule has 2 aromatic heterocycles. The van der Waals surface area contributed by atoms with Gasteiger partial charge < -0.3 is 5.32 Å². The molecule has 0 radical (unpaired) electrons. The van der Waals surface area contributed by atoms with Gasteiger partial charge in [0.1, 0.15) is 17.0 Å². The van der Waals surface area contributed by atoms with E-state index in [4.69, 9.17) is 11.6 Å². The molecule has 1 N–H and O–H groups in total. The molecular weight excluding hydrogens is 450 g/mol. The Morgan fingerprint density at radius 1 is 1.09 bits per heavy atom. The topological polar surface area (TPSA) is 97.2 Å². The van der Waals surface area contributed by atoms with Crippen molar-refractivity contribution in [3.8, 4) is 5.82 Å². The van der Waals surface area contributed by atoms with Gasteiger partial charge in [-0.25, -0.2) is 18.4 Å². The summed E-state index contributed by atoms with van der Waals surface area (Å²) in [6.45, 7) is 0. The zero-order chi connectivity index (χ0) is 22.7. The zero-order valence-electron chi connectivity index (χ0n) is 16.9. The van der Waals surface area contributed by atoms with E-state index in [1.165, 1.54) is 31.4 Å². The second-order valence-corrected chi connectivity index (χ2v) is 9.13. The summed E-state index contributed by atoms with van der Waals surface area (Å²) in [5.41, 5.74) is 1.08. The van der Waals surface area contributed by atoms with E-state index < -0.39 is 15.9 Å². The number of nitrogens with one attached hydrogen (secondary N) is 1. The number of pyridine rings is 1. The van der Waals surface area contributed by atoms with Crippen molar-refractivity contribution in [2.24, 2.45) is 0 Å². The van der Waals surface area contributed by atoms with Gasteiger partial charge in [0.05, 0.1) is 22.6 Å². The monoisotopic (exact) mass is 467 g/mol. The Bertz CT molecular complexity index is 1340. The largest absolute Gasteiger partial charge is 0.321 e. The first-order valence-electron chi connectivity index (χ1n) is 9.45. The smallest absolute Gasteiger partial charge is 0.265 e. The third-order valence-electron chi connectivity index (χ3n) is 4.73. The summed E-state index contributed by atoms with van der Waals surface area (Å²) in [6, 6.07) is 16.1. The lowest BCUT2D eigenvalue weighted by molar-refractivity contribution is 0.102. The van der Waals surface area contributed by atoms with Gasteiger partial charge in [0.2, 0.25) is 0 Å². The van der Waals surface area contributed by atoms with Gasteiger partial charge >= 0.3 is 0 Å². The number of anilines is 2. The van der Waals surface area contributed by atoms with Crippen LogP contribution < -0.4 is 9.62 Å². The van der Waals surface area contributed by atoms with Crippen LogP contribution in [0.4, 0.5) is 11.4 Å². The Morgan fingerprint density at radius 2 is 1.88 bits per heavy atom. The summed E-state index contributed by atoms with van der Waals surface area (Å²) in [5.74, 6) is 0.155. The number of carbonyl (C=O) groups excluding carboxylic acids is 1. The highest BCUT2D eigenvalue weighted by Gasteiger charge is 2.25. The molecule has 0 aliphatic rings. The molecule has 162 valence electrons. The van der Waals surface area contributed by atoms with Gasteiger partial charge in [-0.05, 0) is 42.5 Å². The summed E-state index contributed by atoms with van der Waals surface area (Å²) in [4.78, 5) is 20.8. The first-order valence-corrected chi connectivity index (χ1v) is 11.3. The molecule has 1 amide bonds. The van der Waals surface area contributed by atoms with E-state index in [1.807, 2.05) is 0 Å². The van der Waals surface area contributed by atoms with Crippen molar-refractivity contribution in [3.63, 3.8) is 0 Å². The molecule has 4 rings (SSSR count). The first-order chi connectivity index (χ1) is 15.4. The van der Waals surface area contributed by atoms with E-state index in [9.17, 15) is 13.2 Å². The number of hydrogen-bond donors (Lipinski definition) is 1. The summed E-state index contributed by atoms with van der Waals surface area (Å²) in [7, 11) is -2.55. The van der Waals surface area contributed by atoms with Crippen LogP contribution in [0.3, 0.4) is 0 Å². The Hall–Kier alpha value is -3.69. The summed E-state index contributed by atoms with van der Waals surface area (Å²) in [5, 5.41) is 2.74. The minimum atomic E-state index is -3.98. The third-order valence-corrected chi connectivity index (χ3v) is 6.99. The molecule has 0 unspecified atom stereocenters. The number of benzene rings is 2. The number of nitrogens with zero attached hydrogens (tertiary/aromatic N) is 4. The SMILES string of the molecule is CN(c1ccccc1)S(=O)(=O)c1cc(C(=O)Nc2ccc(-n3ccnc3)nc2)ccc1Cl. The molecule has 0 aliphatic carbocycles. The molecule has 2 aromatic carbocycles. The molecular formula is C22H18ClN5O3S. The number of hydrogen-bond acceptors (Lipinski definition) is 5. The van der Waals surface area contributed by atoms with Crippen LogP contribution in [0.2, 0.25) is 5.02 Å². The number of halogens is 1. The van der Waals surface area contributed by atoms with Crippen LogP contribution in [-0.2, 0) is 10.0 Å². The molecule has 0 fully saturated rings. The van der Waals surface area contributed by atoms with Gasteiger partial charge in [0, 0.05) is 25.0 Å². The quantitative estimate of drug-likeness (QED) is 0.462. The number of carbonyl (C=O) groups is 1. The predicted molar refractivity (Wildman–Crippen MR) is 123 cm³/mol. The lowest BCUT2D eigenvalue weighted by Crippen LogP contribution is -2.27. The van der Waals surface area contributed by atoms with Crippen molar-refractivity contribution < 1.29 is 13.2 Å². The maximum Gasteiger partial charge on any atom is 0.265 e. The second kappa shape index (κ2) is 8.81. The van der Waals surface area contributed by atoms with Gasteiger partial charge in [0.15, 0.2) is 0 Å². The Kier molecular flexibility index (Phi) is 5.93. The van der Waals surface area contributed by atoms with Gasteiger partial charge in [-0.3, -0.25) is 13.7 Å². The van der Waals surface area contributed by atoms with Crippen LogP contribution in [0.5, 0.6) is 0 Å². The molecule has 32 heavy (non-hydrogen) atoms.